The highest BCUT2D eigenvalue weighted by Gasteiger charge is 2.22. The van der Waals surface area contributed by atoms with Gasteiger partial charge in [0.2, 0.25) is 5.91 Å². The van der Waals surface area contributed by atoms with Crippen LogP contribution in [-0.2, 0) is 20.9 Å². The lowest BCUT2D eigenvalue weighted by atomic mass is 10.2. The van der Waals surface area contributed by atoms with Crippen molar-refractivity contribution < 1.29 is 23.5 Å². The third-order valence-corrected chi connectivity index (χ3v) is 3.84. The maximum absolute atomic E-state index is 12.1. The molecular formula is C18H18N2O5. The molecular weight excluding hydrogens is 324 g/mol. The normalized spacial score (nSPS) is 13.8. The predicted molar refractivity (Wildman–Crippen MR) is 88.9 cm³/mol. The van der Waals surface area contributed by atoms with Crippen molar-refractivity contribution in [3.63, 3.8) is 0 Å². The van der Waals surface area contributed by atoms with Crippen molar-refractivity contribution in [2.24, 2.45) is 0 Å². The highest BCUT2D eigenvalue weighted by atomic mass is 16.5. The van der Waals surface area contributed by atoms with E-state index >= 15 is 0 Å². The van der Waals surface area contributed by atoms with Crippen LogP contribution in [0.4, 0.5) is 5.69 Å². The number of carbonyl (C=O) groups is 3. The number of furan rings is 1. The minimum atomic E-state index is -0.610. The van der Waals surface area contributed by atoms with Crippen molar-refractivity contribution in [3.8, 4) is 0 Å². The predicted octanol–water partition coefficient (Wildman–Crippen LogP) is 1.88. The lowest BCUT2D eigenvalue weighted by Crippen LogP contribution is -2.28. The number of hydrogen-bond acceptors (Lipinski definition) is 5. The van der Waals surface area contributed by atoms with Crippen molar-refractivity contribution in [2.45, 2.75) is 19.4 Å². The van der Waals surface area contributed by atoms with Crippen LogP contribution < -0.4 is 10.2 Å². The van der Waals surface area contributed by atoms with E-state index in [4.69, 9.17) is 9.15 Å². The molecule has 130 valence electrons. The molecule has 0 unspecified atom stereocenters. The summed E-state index contributed by atoms with van der Waals surface area (Å²) in [5.74, 6) is -0.372. The quantitative estimate of drug-likeness (QED) is 0.810. The summed E-state index contributed by atoms with van der Waals surface area (Å²) in [6, 6.07) is 10.1. The van der Waals surface area contributed by atoms with E-state index in [9.17, 15) is 14.4 Å². The first-order valence-electron chi connectivity index (χ1n) is 8.00. The zero-order chi connectivity index (χ0) is 17.6. The van der Waals surface area contributed by atoms with Crippen LogP contribution in [0.15, 0.2) is 47.1 Å². The van der Waals surface area contributed by atoms with Crippen LogP contribution in [0.3, 0.4) is 0 Å². The summed E-state index contributed by atoms with van der Waals surface area (Å²) in [6.45, 7) is 0.495. The fraction of sp³-hybridized carbons (Fsp3) is 0.278. The van der Waals surface area contributed by atoms with Crippen molar-refractivity contribution >= 4 is 23.5 Å². The van der Waals surface area contributed by atoms with E-state index in [1.165, 1.54) is 6.26 Å². The van der Waals surface area contributed by atoms with Crippen LogP contribution in [0.2, 0.25) is 0 Å². The molecule has 1 aliphatic heterocycles. The van der Waals surface area contributed by atoms with E-state index in [0.29, 0.717) is 30.0 Å². The molecule has 0 radical (unpaired) electrons. The molecule has 0 aliphatic carbocycles. The minimum absolute atomic E-state index is 0.0443. The van der Waals surface area contributed by atoms with Crippen molar-refractivity contribution in [2.75, 3.05) is 18.1 Å². The Kier molecular flexibility index (Phi) is 5.13. The molecule has 1 N–H and O–H groups in total. The first-order chi connectivity index (χ1) is 12.1. The van der Waals surface area contributed by atoms with Crippen molar-refractivity contribution in [1.82, 2.24) is 5.32 Å². The second-order valence-corrected chi connectivity index (χ2v) is 5.63. The maximum atomic E-state index is 12.1. The van der Waals surface area contributed by atoms with E-state index in [1.807, 2.05) is 0 Å². The maximum Gasteiger partial charge on any atom is 0.338 e. The van der Waals surface area contributed by atoms with E-state index in [1.54, 1.807) is 41.3 Å². The molecule has 2 aromatic rings. The molecule has 1 aromatic heterocycles. The van der Waals surface area contributed by atoms with Gasteiger partial charge in [0.25, 0.3) is 5.91 Å². The summed E-state index contributed by atoms with van der Waals surface area (Å²) in [6.07, 6.45) is 2.84. The summed E-state index contributed by atoms with van der Waals surface area (Å²) >= 11 is 0. The first-order valence-corrected chi connectivity index (χ1v) is 8.00. The Hall–Kier alpha value is -3.09. The van der Waals surface area contributed by atoms with Gasteiger partial charge in [-0.1, -0.05) is 6.07 Å². The van der Waals surface area contributed by atoms with Crippen LogP contribution in [0.25, 0.3) is 0 Å². The Balaban J connectivity index is 1.52. The number of anilines is 1. The van der Waals surface area contributed by atoms with Gasteiger partial charge in [0.05, 0.1) is 18.4 Å². The highest BCUT2D eigenvalue weighted by molar-refractivity contribution is 5.97. The van der Waals surface area contributed by atoms with Gasteiger partial charge in [0.15, 0.2) is 6.61 Å². The highest BCUT2D eigenvalue weighted by Crippen LogP contribution is 2.22. The Bertz CT molecular complexity index is 770. The minimum Gasteiger partial charge on any atom is -0.467 e. The van der Waals surface area contributed by atoms with E-state index < -0.39 is 11.9 Å². The fourth-order valence-corrected chi connectivity index (χ4v) is 2.59. The van der Waals surface area contributed by atoms with Gasteiger partial charge in [-0.2, -0.15) is 0 Å². The van der Waals surface area contributed by atoms with Crippen LogP contribution >= 0.6 is 0 Å². The molecule has 1 aliphatic rings. The molecule has 2 amide bonds. The van der Waals surface area contributed by atoms with Gasteiger partial charge in [0, 0.05) is 18.7 Å². The number of nitrogens with zero attached hydrogens (tertiary/aromatic N) is 1. The van der Waals surface area contributed by atoms with Gasteiger partial charge in [-0.15, -0.1) is 0 Å². The molecule has 1 fully saturated rings. The standard InChI is InChI=1S/C18H18N2O5/c21-16(19-11-15-6-3-9-24-15)12-25-18(23)13-4-1-5-14(10-13)20-8-2-7-17(20)22/h1,3-6,9-10H,2,7-8,11-12H2,(H,19,21). The zero-order valence-corrected chi connectivity index (χ0v) is 13.6. The van der Waals surface area contributed by atoms with Gasteiger partial charge < -0.3 is 19.4 Å². The van der Waals surface area contributed by atoms with E-state index in [2.05, 4.69) is 5.32 Å². The zero-order valence-electron chi connectivity index (χ0n) is 13.6. The summed E-state index contributed by atoms with van der Waals surface area (Å²) in [5, 5.41) is 2.59. The Morgan fingerprint density at radius 2 is 2.12 bits per heavy atom. The summed E-state index contributed by atoms with van der Waals surface area (Å²) in [5.41, 5.74) is 0.968. The van der Waals surface area contributed by atoms with E-state index in [-0.39, 0.29) is 19.1 Å². The molecule has 3 rings (SSSR count). The number of esters is 1. The molecule has 2 heterocycles. The summed E-state index contributed by atoms with van der Waals surface area (Å²) in [4.78, 5) is 37.3. The first kappa shape index (κ1) is 16.8. The van der Waals surface area contributed by atoms with E-state index in [0.717, 1.165) is 6.42 Å². The van der Waals surface area contributed by atoms with Crippen LogP contribution in [0.5, 0.6) is 0 Å². The summed E-state index contributed by atoms with van der Waals surface area (Å²) in [7, 11) is 0. The molecule has 1 saturated heterocycles. The number of rotatable bonds is 6. The number of amides is 2. The van der Waals surface area contributed by atoms with Crippen LogP contribution in [0.1, 0.15) is 29.0 Å². The van der Waals surface area contributed by atoms with Crippen molar-refractivity contribution in [1.29, 1.82) is 0 Å². The van der Waals surface area contributed by atoms with Crippen LogP contribution in [-0.4, -0.2) is 30.9 Å². The van der Waals surface area contributed by atoms with Crippen molar-refractivity contribution in [3.05, 3.63) is 54.0 Å². The lowest BCUT2D eigenvalue weighted by Gasteiger charge is -2.16. The number of carbonyl (C=O) groups excluding carboxylic acids is 3. The molecule has 0 saturated carbocycles. The monoisotopic (exact) mass is 342 g/mol. The number of ether oxygens (including phenoxy) is 1. The third kappa shape index (κ3) is 4.26. The Labute approximate surface area is 144 Å². The number of nitrogens with one attached hydrogen (secondary N) is 1. The summed E-state index contributed by atoms with van der Waals surface area (Å²) < 4.78 is 10.1. The average Bonchev–Trinajstić information content (AvgIpc) is 3.29. The molecule has 0 bridgehead atoms. The fourth-order valence-electron chi connectivity index (χ4n) is 2.59. The molecule has 25 heavy (non-hydrogen) atoms. The van der Waals surface area contributed by atoms with Gasteiger partial charge in [-0.3, -0.25) is 9.59 Å². The second kappa shape index (κ2) is 7.65. The second-order valence-electron chi connectivity index (χ2n) is 5.63. The topological polar surface area (TPSA) is 88.9 Å². The lowest BCUT2D eigenvalue weighted by molar-refractivity contribution is -0.124. The number of hydrogen-bond donors (Lipinski definition) is 1. The van der Waals surface area contributed by atoms with Gasteiger partial charge in [-0.25, -0.2) is 4.79 Å². The number of benzene rings is 1. The Morgan fingerprint density at radius 3 is 2.84 bits per heavy atom. The van der Waals surface area contributed by atoms with Gasteiger partial charge in [-0.05, 0) is 36.8 Å². The molecule has 0 spiro atoms. The van der Waals surface area contributed by atoms with Crippen LogP contribution in [0, 0.1) is 0 Å². The van der Waals surface area contributed by atoms with Gasteiger partial charge in [0.1, 0.15) is 5.76 Å². The average molecular weight is 342 g/mol. The molecule has 7 heteroatoms. The molecule has 0 atom stereocenters. The molecule has 7 nitrogen and oxygen atoms in total. The molecule has 1 aromatic carbocycles. The third-order valence-electron chi connectivity index (χ3n) is 3.84. The Morgan fingerprint density at radius 1 is 1.24 bits per heavy atom. The SMILES string of the molecule is O=C(COC(=O)c1cccc(N2CCCC2=O)c1)NCc1ccco1. The van der Waals surface area contributed by atoms with Gasteiger partial charge >= 0.3 is 5.97 Å². The smallest absolute Gasteiger partial charge is 0.338 e. The largest absolute Gasteiger partial charge is 0.467 e.